The van der Waals surface area contributed by atoms with E-state index in [1.165, 1.54) is 24.3 Å². The molecule has 0 atom stereocenters. The molecule has 2 aromatic rings. The molecule has 0 fully saturated rings. The molecule has 2 N–H and O–H groups in total. The van der Waals surface area contributed by atoms with Crippen molar-refractivity contribution in [1.82, 2.24) is 0 Å². The molecule has 0 amide bonds. The summed E-state index contributed by atoms with van der Waals surface area (Å²) in [6, 6.07) is 3.18. The monoisotopic (exact) mass is 627 g/mol. The maximum atomic E-state index is 13.4. The predicted octanol–water partition coefficient (Wildman–Crippen LogP) is 10.1. The largest absolute Gasteiger partial charge is 0.478 e. The van der Waals surface area contributed by atoms with Gasteiger partial charge in [0.15, 0.2) is 23.3 Å². The number of oxime groups is 1. The lowest BCUT2D eigenvalue weighted by atomic mass is 10.1. The molecule has 2 aromatic carbocycles. The molecule has 0 aromatic heterocycles. The Balaban J connectivity index is -0.000000620. The number of benzene rings is 2. The topological polar surface area (TPSA) is 78.0 Å². The van der Waals surface area contributed by atoms with Crippen molar-refractivity contribution in [2.24, 2.45) is 10.1 Å². The summed E-state index contributed by atoms with van der Waals surface area (Å²) >= 11 is 0. The number of nitrogens with zero attached hydrogens (tertiary/aromatic N) is 2. The summed E-state index contributed by atoms with van der Waals surface area (Å²) < 4.78 is 84.3. The Labute approximate surface area is 257 Å². The van der Waals surface area contributed by atoms with E-state index in [9.17, 15) is 26.3 Å². The minimum Gasteiger partial charge on any atom is -0.478 e. The molecule has 0 spiro atoms. The Bertz CT molecular complexity index is 1240. The van der Waals surface area contributed by atoms with E-state index in [1.54, 1.807) is 19.2 Å². The molecular weight excluding hydrogens is 584 g/mol. The first-order valence-corrected chi connectivity index (χ1v) is 13.8. The number of rotatable bonds is 11. The highest BCUT2D eigenvalue weighted by molar-refractivity contribution is 5.96. The summed E-state index contributed by atoms with van der Waals surface area (Å²) in [6.07, 6.45) is 10.4. The standard InChI is InChI=1S/C14H16F3NO.C12H10F3NO.C3H5N.2C2H6/c1-3-8-18-13(4-2)19-9-7-10-11(15)5-6-12(16)14(10)17;1-2-3-4-8(16-17)7-9-10(13)5-6-11(14)12(9)15;1-2-3-4;2*1-2/h4-6,8H,3,7,9H2,1-2H3;2-6,17H,1,7H2;2-4H,1H2;2*1-2H3/b13-4+,18-8-;4-3+,16-8+;;;. The number of ether oxygens (including phenoxy) is 1. The Morgan fingerprint density at radius 1 is 0.864 bits per heavy atom. The highest BCUT2D eigenvalue weighted by atomic mass is 19.2. The number of aliphatic imine (C=N–C) groups is 1. The summed E-state index contributed by atoms with van der Waals surface area (Å²) in [4.78, 5) is 4.01. The van der Waals surface area contributed by atoms with Crippen molar-refractivity contribution in [2.75, 3.05) is 6.61 Å². The van der Waals surface area contributed by atoms with Crippen LogP contribution in [0.2, 0.25) is 0 Å². The molecule has 0 saturated heterocycles. The fourth-order valence-electron chi connectivity index (χ4n) is 2.65. The van der Waals surface area contributed by atoms with E-state index in [0.29, 0.717) is 11.9 Å². The van der Waals surface area contributed by atoms with E-state index in [1.807, 2.05) is 34.6 Å². The summed E-state index contributed by atoms with van der Waals surface area (Å²) in [7, 11) is 0. The van der Waals surface area contributed by atoms with E-state index in [0.717, 1.165) is 30.8 Å². The lowest BCUT2D eigenvalue weighted by Crippen LogP contribution is -2.06. The summed E-state index contributed by atoms with van der Waals surface area (Å²) in [6.45, 7) is 18.3. The van der Waals surface area contributed by atoms with Crippen LogP contribution in [0.5, 0.6) is 0 Å². The predicted molar refractivity (Wildman–Crippen MR) is 169 cm³/mol. The van der Waals surface area contributed by atoms with Gasteiger partial charge in [0.25, 0.3) is 0 Å². The SMILES string of the molecule is C/C=C(\N=C/CC)OCCc1c(F)ccc(F)c1F.C=C/C=C/C(Cc1c(F)ccc(F)c1F)=N\O.C=CC=N.CC.CC. The Morgan fingerprint density at radius 2 is 1.34 bits per heavy atom. The number of nitrogens with one attached hydrogen (secondary N) is 1. The molecule has 0 radical (unpaired) electrons. The first-order valence-electron chi connectivity index (χ1n) is 13.8. The summed E-state index contributed by atoms with van der Waals surface area (Å²) in [5.41, 5.74) is -0.797. The quantitative estimate of drug-likeness (QED) is 0.0495. The van der Waals surface area contributed by atoms with Gasteiger partial charge >= 0.3 is 0 Å². The van der Waals surface area contributed by atoms with Crippen LogP contribution >= 0.6 is 0 Å². The minimum absolute atomic E-state index is 0.00620. The van der Waals surface area contributed by atoms with Gasteiger partial charge in [-0.3, -0.25) is 0 Å². The van der Waals surface area contributed by atoms with Gasteiger partial charge in [0, 0.05) is 36.4 Å². The molecule has 11 heteroatoms. The third-order valence-corrected chi connectivity index (χ3v) is 4.56. The molecule has 44 heavy (non-hydrogen) atoms. The van der Waals surface area contributed by atoms with E-state index >= 15 is 0 Å². The van der Waals surface area contributed by atoms with E-state index in [4.69, 9.17) is 15.4 Å². The van der Waals surface area contributed by atoms with Gasteiger partial charge in [-0.05, 0) is 49.8 Å². The van der Waals surface area contributed by atoms with Gasteiger partial charge in [0.2, 0.25) is 5.88 Å². The summed E-state index contributed by atoms with van der Waals surface area (Å²) in [5, 5.41) is 17.7. The van der Waals surface area contributed by atoms with Gasteiger partial charge < -0.3 is 15.4 Å². The normalized spacial score (nSPS) is 10.6. The molecule has 0 bridgehead atoms. The van der Waals surface area contributed by atoms with Crippen molar-refractivity contribution in [3.63, 3.8) is 0 Å². The Kier molecular flexibility index (Phi) is 28.7. The molecule has 0 heterocycles. The van der Waals surface area contributed by atoms with Gasteiger partial charge in [0.1, 0.15) is 11.6 Å². The number of hydrogen-bond acceptors (Lipinski definition) is 5. The molecule has 0 aliphatic carbocycles. The van der Waals surface area contributed by atoms with Crippen LogP contribution in [0, 0.1) is 40.3 Å². The van der Waals surface area contributed by atoms with Crippen molar-refractivity contribution in [3.05, 3.63) is 120 Å². The molecule has 0 saturated carbocycles. The first kappa shape index (κ1) is 44.0. The average Bonchev–Trinajstić information content (AvgIpc) is 3.06. The van der Waals surface area contributed by atoms with Gasteiger partial charge in [-0.15, -0.1) is 0 Å². The van der Waals surface area contributed by atoms with E-state index in [-0.39, 0.29) is 30.7 Å². The van der Waals surface area contributed by atoms with Crippen molar-refractivity contribution in [3.8, 4) is 0 Å². The van der Waals surface area contributed by atoms with Crippen LogP contribution in [-0.4, -0.2) is 30.0 Å². The zero-order valence-electron chi connectivity index (χ0n) is 26.1. The maximum absolute atomic E-state index is 13.4. The Hall–Kier alpha value is -4.41. The van der Waals surface area contributed by atoms with Gasteiger partial charge in [-0.25, -0.2) is 31.3 Å². The van der Waals surface area contributed by atoms with Crippen molar-refractivity contribution >= 4 is 18.1 Å². The van der Waals surface area contributed by atoms with Crippen LogP contribution in [-0.2, 0) is 17.6 Å². The molecule has 0 aliphatic heterocycles. The third kappa shape index (κ3) is 18.2. The van der Waals surface area contributed by atoms with Crippen LogP contribution in [0.1, 0.15) is 59.1 Å². The zero-order valence-corrected chi connectivity index (χ0v) is 26.1. The van der Waals surface area contributed by atoms with Crippen LogP contribution in [0.3, 0.4) is 0 Å². The van der Waals surface area contributed by atoms with Crippen molar-refractivity contribution in [1.29, 1.82) is 5.41 Å². The molecule has 0 aliphatic rings. The maximum Gasteiger partial charge on any atom is 0.208 e. The van der Waals surface area contributed by atoms with Gasteiger partial charge in [0.05, 0.1) is 12.3 Å². The molecule has 2 rings (SSSR count). The number of hydrogen-bond donors (Lipinski definition) is 2. The first-order chi connectivity index (χ1) is 21.1. The van der Waals surface area contributed by atoms with Crippen LogP contribution in [0.25, 0.3) is 0 Å². The smallest absolute Gasteiger partial charge is 0.208 e. The Morgan fingerprint density at radius 3 is 1.77 bits per heavy atom. The highest BCUT2D eigenvalue weighted by Crippen LogP contribution is 2.18. The van der Waals surface area contributed by atoms with Crippen molar-refractivity contribution < 1.29 is 36.3 Å². The number of allylic oxidation sites excluding steroid dienone is 5. The molecule has 244 valence electrons. The minimum atomic E-state index is -1.28. The fourth-order valence-corrected chi connectivity index (χ4v) is 2.65. The fraction of sp³-hybridized carbons (Fsp3) is 0.303. The number of halogens is 6. The van der Waals surface area contributed by atoms with Crippen LogP contribution in [0.15, 0.2) is 83.8 Å². The second-order valence-corrected chi connectivity index (χ2v) is 7.35. The highest BCUT2D eigenvalue weighted by Gasteiger charge is 2.15. The second kappa shape index (κ2) is 28.7. The molecule has 5 nitrogen and oxygen atoms in total. The molecule has 0 unspecified atom stereocenters. The van der Waals surface area contributed by atoms with Crippen LogP contribution < -0.4 is 0 Å². The third-order valence-electron chi connectivity index (χ3n) is 4.56. The lowest BCUT2D eigenvalue weighted by Gasteiger charge is -2.08. The molecular formula is C33H43F6N3O2. The average molecular weight is 628 g/mol. The summed E-state index contributed by atoms with van der Waals surface area (Å²) in [5.74, 6) is -5.95. The second-order valence-electron chi connectivity index (χ2n) is 7.35. The van der Waals surface area contributed by atoms with Crippen LogP contribution in [0.4, 0.5) is 26.3 Å². The van der Waals surface area contributed by atoms with Gasteiger partial charge in [-0.2, -0.15) is 0 Å². The van der Waals surface area contributed by atoms with Gasteiger partial charge in [-0.1, -0.05) is 71.2 Å². The zero-order chi connectivity index (χ0) is 34.5. The van der Waals surface area contributed by atoms with E-state index in [2.05, 4.69) is 23.3 Å². The lowest BCUT2D eigenvalue weighted by molar-refractivity contribution is 0.211. The van der Waals surface area contributed by atoms with Crippen molar-refractivity contribution in [2.45, 2.75) is 60.8 Å². The van der Waals surface area contributed by atoms with E-state index < -0.39 is 40.5 Å².